The Morgan fingerprint density at radius 2 is 1.61 bits per heavy atom. The molecule has 0 aliphatic rings. The second-order valence-corrected chi connectivity index (χ2v) is 14.6. The summed E-state index contributed by atoms with van der Waals surface area (Å²) in [5.74, 6) is 0.841. The van der Waals surface area contributed by atoms with Gasteiger partial charge < -0.3 is 14.0 Å². The smallest absolute Gasteiger partial charge is 0.146 e. The Kier molecular flexibility index (Phi) is 6.54. The summed E-state index contributed by atoms with van der Waals surface area (Å²) in [7, 11) is -1.12. The van der Waals surface area contributed by atoms with Crippen molar-refractivity contribution >= 4 is 19.1 Å². The molecular formula is C26H30N2O2Si. The third kappa shape index (κ3) is 5.43. The van der Waals surface area contributed by atoms with Gasteiger partial charge in [0, 0.05) is 32.6 Å². The zero-order chi connectivity index (χ0) is 21.7. The lowest BCUT2D eigenvalue weighted by atomic mass is 10.1. The zero-order valence-corrected chi connectivity index (χ0v) is 19.5. The molecule has 0 atom stereocenters. The molecule has 0 saturated carbocycles. The quantitative estimate of drug-likeness (QED) is 0.222. The van der Waals surface area contributed by atoms with Crippen LogP contribution in [0.2, 0.25) is 25.7 Å². The SMILES string of the molecule is C[Si](C)(C)CCOCn1cc(-c2ccccc2)c2c(OCc3ccccc3)ccnc21. The molecule has 0 saturated heterocycles. The third-order valence-electron chi connectivity index (χ3n) is 5.27. The Morgan fingerprint density at radius 1 is 0.903 bits per heavy atom. The first-order valence-corrected chi connectivity index (χ1v) is 14.5. The number of ether oxygens (including phenoxy) is 2. The normalized spacial score (nSPS) is 11.7. The van der Waals surface area contributed by atoms with E-state index in [0.717, 1.165) is 46.1 Å². The van der Waals surface area contributed by atoms with E-state index in [1.54, 1.807) is 0 Å². The molecule has 0 spiro atoms. The summed E-state index contributed by atoms with van der Waals surface area (Å²) >= 11 is 0. The van der Waals surface area contributed by atoms with E-state index in [2.05, 4.69) is 71.8 Å². The van der Waals surface area contributed by atoms with Crippen molar-refractivity contribution in [2.45, 2.75) is 39.0 Å². The van der Waals surface area contributed by atoms with Crippen LogP contribution in [0.25, 0.3) is 22.2 Å². The van der Waals surface area contributed by atoms with Crippen LogP contribution >= 0.6 is 0 Å². The minimum Gasteiger partial charge on any atom is -0.488 e. The van der Waals surface area contributed by atoms with Crippen molar-refractivity contribution in [1.29, 1.82) is 0 Å². The highest BCUT2D eigenvalue weighted by Gasteiger charge is 2.17. The van der Waals surface area contributed by atoms with E-state index in [1.807, 2.05) is 36.5 Å². The lowest BCUT2D eigenvalue weighted by Crippen LogP contribution is -2.22. The topological polar surface area (TPSA) is 36.3 Å². The fourth-order valence-corrected chi connectivity index (χ4v) is 4.27. The van der Waals surface area contributed by atoms with Gasteiger partial charge in [-0.3, -0.25) is 0 Å². The van der Waals surface area contributed by atoms with Gasteiger partial charge in [-0.1, -0.05) is 80.3 Å². The van der Waals surface area contributed by atoms with E-state index >= 15 is 0 Å². The number of rotatable bonds is 9. The summed E-state index contributed by atoms with van der Waals surface area (Å²) in [6.07, 6.45) is 3.95. The van der Waals surface area contributed by atoms with Gasteiger partial charge in [-0.2, -0.15) is 0 Å². The highest BCUT2D eigenvalue weighted by atomic mass is 28.3. The predicted molar refractivity (Wildman–Crippen MR) is 130 cm³/mol. The maximum atomic E-state index is 6.26. The van der Waals surface area contributed by atoms with Crippen molar-refractivity contribution in [2.75, 3.05) is 6.61 Å². The first-order valence-electron chi connectivity index (χ1n) is 10.8. The lowest BCUT2D eigenvalue weighted by molar-refractivity contribution is 0.0899. The average molecular weight is 431 g/mol. The predicted octanol–water partition coefficient (Wildman–Crippen LogP) is 6.59. The molecule has 5 heteroatoms. The van der Waals surface area contributed by atoms with E-state index in [1.165, 1.54) is 0 Å². The molecule has 2 aromatic heterocycles. The summed E-state index contributed by atoms with van der Waals surface area (Å²) in [6, 6.07) is 23.7. The van der Waals surface area contributed by atoms with Crippen LogP contribution < -0.4 is 4.74 Å². The average Bonchev–Trinajstić information content (AvgIpc) is 3.15. The Balaban J connectivity index is 1.66. The molecule has 4 nitrogen and oxygen atoms in total. The molecule has 0 fully saturated rings. The Bertz CT molecular complexity index is 1120. The number of pyridine rings is 1. The molecule has 160 valence electrons. The van der Waals surface area contributed by atoms with Crippen LogP contribution in [-0.4, -0.2) is 24.2 Å². The maximum Gasteiger partial charge on any atom is 0.146 e. The Morgan fingerprint density at radius 3 is 2.32 bits per heavy atom. The van der Waals surface area contributed by atoms with Gasteiger partial charge >= 0.3 is 0 Å². The number of nitrogens with zero attached hydrogens (tertiary/aromatic N) is 2. The van der Waals surface area contributed by atoms with Crippen molar-refractivity contribution in [2.24, 2.45) is 0 Å². The monoisotopic (exact) mass is 430 g/mol. The summed E-state index contributed by atoms with van der Waals surface area (Å²) in [4.78, 5) is 4.68. The summed E-state index contributed by atoms with van der Waals surface area (Å²) in [6.45, 7) is 8.89. The van der Waals surface area contributed by atoms with Gasteiger partial charge in [-0.05, 0) is 23.2 Å². The summed E-state index contributed by atoms with van der Waals surface area (Å²) < 4.78 is 14.4. The van der Waals surface area contributed by atoms with Crippen LogP contribution in [0.3, 0.4) is 0 Å². The Hall–Kier alpha value is -2.89. The van der Waals surface area contributed by atoms with Crippen molar-refractivity contribution in [3.8, 4) is 16.9 Å². The molecule has 0 bridgehead atoms. The molecule has 2 heterocycles. The number of hydrogen-bond donors (Lipinski definition) is 0. The molecule has 4 aromatic rings. The lowest BCUT2D eigenvalue weighted by Gasteiger charge is -2.15. The molecule has 0 radical (unpaired) electrons. The van der Waals surface area contributed by atoms with E-state index in [-0.39, 0.29) is 0 Å². The first kappa shape index (κ1) is 21.3. The third-order valence-corrected chi connectivity index (χ3v) is 6.97. The molecule has 4 rings (SSSR count). The first-order chi connectivity index (χ1) is 15.0. The van der Waals surface area contributed by atoms with Crippen molar-refractivity contribution in [1.82, 2.24) is 9.55 Å². The molecule has 0 unspecified atom stereocenters. The second kappa shape index (κ2) is 9.50. The minimum atomic E-state index is -1.12. The zero-order valence-electron chi connectivity index (χ0n) is 18.5. The molecule has 0 aliphatic carbocycles. The number of fused-ring (bicyclic) bond motifs is 1. The van der Waals surface area contributed by atoms with Crippen LogP contribution in [0.4, 0.5) is 0 Å². The Labute approximate surface area is 185 Å². The molecule has 0 amide bonds. The van der Waals surface area contributed by atoms with Crippen LogP contribution in [0, 0.1) is 0 Å². The standard InChI is InChI=1S/C26H30N2O2Si/c1-31(2,3)17-16-29-20-28-18-23(22-12-8-5-9-13-22)25-24(14-15-27-26(25)28)30-19-21-10-6-4-7-11-21/h4-15,18H,16-17,19-20H2,1-3H3. The highest BCUT2D eigenvalue weighted by Crippen LogP contribution is 2.36. The number of hydrogen-bond acceptors (Lipinski definition) is 3. The minimum absolute atomic E-state index is 0.489. The van der Waals surface area contributed by atoms with Gasteiger partial charge in [0.05, 0.1) is 5.39 Å². The van der Waals surface area contributed by atoms with Crippen LogP contribution in [-0.2, 0) is 18.1 Å². The fourth-order valence-electron chi connectivity index (χ4n) is 3.52. The molecule has 0 aliphatic heterocycles. The summed E-state index contributed by atoms with van der Waals surface area (Å²) in [5, 5.41) is 1.03. The van der Waals surface area contributed by atoms with E-state index in [9.17, 15) is 0 Å². The maximum absolute atomic E-state index is 6.26. The molecular weight excluding hydrogens is 400 g/mol. The number of benzene rings is 2. The van der Waals surface area contributed by atoms with Gasteiger partial charge in [-0.15, -0.1) is 0 Å². The highest BCUT2D eigenvalue weighted by molar-refractivity contribution is 6.76. The van der Waals surface area contributed by atoms with Crippen molar-refractivity contribution in [3.05, 3.63) is 84.7 Å². The van der Waals surface area contributed by atoms with Crippen molar-refractivity contribution in [3.63, 3.8) is 0 Å². The largest absolute Gasteiger partial charge is 0.488 e. The second-order valence-electron chi connectivity index (χ2n) is 9.01. The van der Waals surface area contributed by atoms with E-state index in [4.69, 9.17) is 9.47 Å². The van der Waals surface area contributed by atoms with Gasteiger partial charge in [0.15, 0.2) is 0 Å². The fraction of sp³-hybridized carbons (Fsp3) is 0.269. The van der Waals surface area contributed by atoms with Crippen molar-refractivity contribution < 1.29 is 9.47 Å². The van der Waals surface area contributed by atoms with Gasteiger partial charge in [0.2, 0.25) is 0 Å². The summed E-state index contributed by atoms with van der Waals surface area (Å²) in [5.41, 5.74) is 4.28. The van der Waals surface area contributed by atoms with Gasteiger partial charge in [0.1, 0.15) is 24.7 Å². The van der Waals surface area contributed by atoms with E-state index in [0.29, 0.717) is 13.3 Å². The van der Waals surface area contributed by atoms with E-state index < -0.39 is 8.07 Å². The van der Waals surface area contributed by atoms with Gasteiger partial charge in [-0.25, -0.2) is 4.98 Å². The van der Waals surface area contributed by atoms with Crippen LogP contribution in [0.5, 0.6) is 5.75 Å². The number of aromatic nitrogens is 2. The molecule has 0 N–H and O–H groups in total. The van der Waals surface area contributed by atoms with Gasteiger partial charge in [0.25, 0.3) is 0 Å². The molecule has 31 heavy (non-hydrogen) atoms. The molecule has 2 aromatic carbocycles. The van der Waals surface area contributed by atoms with Crippen LogP contribution in [0.15, 0.2) is 79.1 Å². The van der Waals surface area contributed by atoms with Crippen LogP contribution in [0.1, 0.15) is 5.56 Å².